The van der Waals surface area contributed by atoms with Gasteiger partial charge in [-0.15, -0.1) is 11.3 Å². The molecule has 0 saturated heterocycles. The van der Waals surface area contributed by atoms with Gasteiger partial charge in [-0.2, -0.15) is 0 Å². The molecule has 0 fully saturated rings. The first-order chi connectivity index (χ1) is 9.60. The van der Waals surface area contributed by atoms with Crippen molar-refractivity contribution in [3.8, 4) is 5.75 Å². The molecule has 1 heterocycles. The van der Waals surface area contributed by atoms with Crippen LogP contribution in [0.4, 0.5) is 5.69 Å². The topological polar surface area (TPSA) is 77.3 Å². The van der Waals surface area contributed by atoms with Gasteiger partial charge in [0.05, 0.1) is 15.6 Å². The monoisotopic (exact) mass is 293 g/mol. The summed E-state index contributed by atoms with van der Waals surface area (Å²) < 4.78 is 5.71. The van der Waals surface area contributed by atoms with Gasteiger partial charge in [-0.3, -0.25) is 10.1 Å². The summed E-state index contributed by atoms with van der Waals surface area (Å²) in [5.41, 5.74) is 1.68. The highest BCUT2D eigenvalue weighted by Crippen LogP contribution is 2.25. The fraction of sp³-hybridized carbons (Fsp3) is 0.308. The molecular weight excluding hydrogens is 278 g/mol. The standard InChI is InChI=1S/C13H15N3O3S/c1-9-15-11(8-20-9)7-19-13-4-3-12(16(17)18)5-10(13)6-14-2/h3-5,8,14H,6-7H2,1-2H3. The first-order valence-corrected chi connectivity index (χ1v) is 6.94. The second-order valence-electron chi connectivity index (χ2n) is 4.23. The Morgan fingerprint density at radius 1 is 1.50 bits per heavy atom. The average Bonchev–Trinajstić information content (AvgIpc) is 2.83. The van der Waals surface area contributed by atoms with Crippen molar-refractivity contribution in [3.05, 3.63) is 50.0 Å². The van der Waals surface area contributed by atoms with E-state index in [-0.39, 0.29) is 5.69 Å². The number of non-ortho nitro benzene ring substituents is 1. The van der Waals surface area contributed by atoms with Crippen molar-refractivity contribution in [2.45, 2.75) is 20.1 Å². The van der Waals surface area contributed by atoms with Crippen LogP contribution < -0.4 is 10.1 Å². The van der Waals surface area contributed by atoms with Gasteiger partial charge in [0.2, 0.25) is 0 Å². The molecule has 0 spiro atoms. The number of aryl methyl sites for hydroxylation is 1. The van der Waals surface area contributed by atoms with Crippen molar-refractivity contribution in [3.63, 3.8) is 0 Å². The number of nitrogens with one attached hydrogen (secondary N) is 1. The highest BCUT2D eigenvalue weighted by Gasteiger charge is 2.11. The van der Waals surface area contributed by atoms with Gasteiger partial charge in [0, 0.05) is 29.6 Å². The zero-order valence-electron chi connectivity index (χ0n) is 11.3. The lowest BCUT2D eigenvalue weighted by Crippen LogP contribution is -2.08. The van der Waals surface area contributed by atoms with Crippen LogP contribution >= 0.6 is 11.3 Å². The Labute approximate surface area is 120 Å². The van der Waals surface area contributed by atoms with Gasteiger partial charge in [0.25, 0.3) is 5.69 Å². The Hall–Kier alpha value is -1.99. The number of rotatable bonds is 6. The third-order valence-electron chi connectivity index (χ3n) is 2.66. The Morgan fingerprint density at radius 3 is 2.90 bits per heavy atom. The van der Waals surface area contributed by atoms with E-state index < -0.39 is 4.92 Å². The summed E-state index contributed by atoms with van der Waals surface area (Å²) in [6.07, 6.45) is 0. The molecule has 2 aromatic rings. The van der Waals surface area contributed by atoms with Crippen LogP contribution in [0.25, 0.3) is 0 Å². The summed E-state index contributed by atoms with van der Waals surface area (Å²) in [5.74, 6) is 0.635. The largest absolute Gasteiger partial charge is 0.487 e. The minimum absolute atomic E-state index is 0.0621. The molecule has 0 aliphatic carbocycles. The van der Waals surface area contributed by atoms with E-state index in [1.54, 1.807) is 24.5 Å². The Kier molecular flexibility index (Phi) is 4.65. The predicted octanol–water partition coefficient (Wildman–Crippen LogP) is 2.66. The summed E-state index contributed by atoms with van der Waals surface area (Å²) in [6, 6.07) is 4.60. The molecule has 2 rings (SSSR count). The maximum atomic E-state index is 10.8. The molecule has 106 valence electrons. The number of hydrogen-bond acceptors (Lipinski definition) is 6. The van der Waals surface area contributed by atoms with Crippen LogP contribution in [0.15, 0.2) is 23.6 Å². The average molecular weight is 293 g/mol. The molecular formula is C13H15N3O3S. The lowest BCUT2D eigenvalue weighted by atomic mass is 10.1. The minimum atomic E-state index is -0.410. The van der Waals surface area contributed by atoms with E-state index >= 15 is 0 Å². The van der Waals surface area contributed by atoms with Gasteiger partial charge in [-0.05, 0) is 20.0 Å². The van der Waals surface area contributed by atoms with E-state index in [9.17, 15) is 10.1 Å². The number of nitro groups is 1. The van der Waals surface area contributed by atoms with Crippen LogP contribution in [0.1, 0.15) is 16.3 Å². The third kappa shape index (κ3) is 3.52. The van der Waals surface area contributed by atoms with Gasteiger partial charge in [0.15, 0.2) is 0 Å². The minimum Gasteiger partial charge on any atom is -0.487 e. The molecule has 0 aliphatic heterocycles. The highest BCUT2D eigenvalue weighted by atomic mass is 32.1. The molecule has 0 atom stereocenters. The van der Waals surface area contributed by atoms with Crippen LogP contribution in [0.2, 0.25) is 0 Å². The smallest absolute Gasteiger partial charge is 0.270 e. The third-order valence-corrected chi connectivity index (χ3v) is 3.49. The fourth-order valence-corrected chi connectivity index (χ4v) is 2.37. The van der Waals surface area contributed by atoms with Crippen molar-refractivity contribution in [2.24, 2.45) is 0 Å². The molecule has 1 N–H and O–H groups in total. The molecule has 0 amide bonds. The SMILES string of the molecule is CNCc1cc([N+](=O)[O-])ccc1OCc1csc(C)n1. The van der Waals surface area contributed by atoms with Crippen LogP contribution in [0, 0.1) is 17.0 Å². The lowest BCUT2D eigenvalue weighted by Gasteiger charge is -2.10. The van der Waals surface area contributed by atoms with E-state index in [2.05, 4.69) is 10.3 Å². The molecule has 0 aliphatic rings. The molecule has 0 unspecified atom stereocenters. The van der Waals surface area contributed by atoms with Crippen molar-refractivity contribution in [2.75, 3.05) is 7.05 Å². The Balaban J connectivity index is 2.15. The van der Waals surface area contributed by atoms with E-state index in [1.807, 2.05) is 12.3 Å². The second-order valence-corrected chi connectivity index (χ2v) is 5.29. The first kappa shape index (κ1) is 14.4. The van der Waals surface area contributed by atoms with Crippen molar-refractivity contribution >= 4 is 17.0 Å². The number of hydrogen-bond donors (Lipinski definition) is 1. The zero-order chi connectivity index (χ0) is 14.5. The Bertz CT molecular complexity index is 613. The van der Waals surface area contributed by atoms with Crippen LogP contribution in [-0.4, -0.2) is 17.0 Å². The van der Waals surface area contributed by atoms with E-state index in [0.717, 1.165) is 16.3 Å². The molecule has 0 bridgehead atoms. The van der Waals surface area contributed by atoms with E-state index in [4.69, 9.17) is 4.74 Å². The fourth-order valence-electron chi connectivity index (χ4n) is 1.78. The lowest BCUT2D eigenvalue weighted by molar-refractivity contribution is -0.384. The van der Waals surface area contributed by atoms with Gasteiger partial charge in [-0.1, -0.05) is 0 Å². The zero-order valence-corrected chi connectivity index (χ0v) is 12.1. The molecule has 7 heteroatoms. The number of nitro benzene ring substituents is 1. The summed E-state index contributed by atoms with van der Waals surface area (Å²) in [7, 11) is 1.78. The molecule has 20 heavy (non-hydrogen) atoms. The van der Waals surface area contributed by atoms with E-state index in [0.29, 0.717) is 18.9 Å². The van der Waals surface area contributed by atoms with Crippen LogP contribution in [-0.2, 0) is 13.2 Å². The molecule has 0 radical (unpaired) electrons. The number of nitrogens with zero attached hydrogens (tertiary/aromatic N) is 2. The summed E-state index contributed by atoms with van der Waals surface area (Å²) in [5, 5.41) is 16.7. The van der Waals surface area contributed by atoms with Crippen molar-refractivity contribution in [1.29, 1.82) is 0 Å². The van der Waals surface area contributed by atoms with Crippen molar-refractivity contribution < 1.29 is 9.66 Å². The Morgan fingerprint density at radius 2 is 2.30 bits per heavy atom. The summed E-state index contributed by atoms with van der Waals surface area (Å²) in [4.78, 5) is 14.7. The predicted molar refractivity (Wildman–Crippen MR) is 77.0 cm³/mol. The van der Waals surface area contributed by atoms with Gasteiger partial charge >= 0.3 is 0 Å². The van der Waals surface area contributed by atoms with Gasteiger partial charge in [0.1, 0.15) is 12.4 Å². The molecule has 6 nitrogen and oxygen atoms in total. The van der Waals surface area contributed by atoms with Gasteiger partial charge < -0.3 is 10.1 Å². The number of thiazole rings is 1. The van der Waals surface area contributed by atoms with Crippen molar-refractivity contribution in [1.82, 2.24) is 10.3 Å². The maximum absolute atomic E-state index is 10.8. The summed E-state index contributed by atoms with van der Waals surface area (Å²) in [6.45, 7) is 2.80. The highest BCUT2D eigenvalue weighted by molar-refractivity contribution is 7.09. The van der Waals surface area contributed by atoms with E-state index in [1.165, 1.54) is 12.1 Å². The number of benzene rings is 1. The number of ether oxygens (including phenoxy) is 1. The molecule has 0 saturated carbocycles. The quantitative estimate of drug-likeness (QED) is 0.654. The molecule has 1 aromatic heterocycles. The maximum Gasteiger partial charge on any atom is 0.270 e. The van der Waals surface area contributed by atoms with Crippen LogP contribution in [0.5, 0.6) is 5.75 Å². The number of aromatic nitrogens is 1. The van der Waals surface area contributed by atoms with Crippen LogP contribution in [0.3, 0.4) is 0 Å². The molecule has 1 aromatic carbocycles. The summed E-state index contributed by atoms with van der Waals surface area (Å²) >= 11 is 1.57. The van der Waals surface area contributed by atoms with Gasteiger partial charge in [-0.25, -0.2) is 4.98 Å². The first-order valence-electron chi connectivity index (χ1n) is 6.06. The normalized spacial score (nSPS) is 10.5. The second kappa shape index (κ2) is 6.44.